The molecule has 56 heavy (non-hydrogen) atoms. The zero-order chi connectivity index (χ0) is 37.6. The van der Waals surface area contributed by atoms with Crippen LogP contribution >= 0.6 is 0 Å². The smallest absolute Gasteiger partial charge is 0.145 e. The van der Waals surface area contributed by atoms with Gasteiger partial charge in [0.15, 0.2) is 0 Å². The van der Waals surface area contributed by atoms with Crippen LogP contribution < -0.4 is 9.80 Å². The standard InChI is InChI=1S/C50H31N5O/c51-32-34-30-47(35(33-52)29-46(34)54(38-19-9-3-10-20-38)39-21-11-4-12-22-39)55-44-27-25-40(53(36-15-5-1-6-16-36)37-17-7-2-8-18-37)31-43(44)49-45(55)28-26-42-41-23-13-14-24-48(41)56-50(42)49/h1-31H. The number of furan rings is 1. The topological polar surface area (TPSA) is 72.1 Å². The number of fused-ring (bicyclic) bond motifs is 7. The van der Waals surface area contributed by atoms with Gasteiger partial charge in [-0.1, -0.05) is 91.0 Å². The monoisotopic (exact) mass is 717 g/mol. The molecule has 10 rings (SSSR count). The van der Waals surface area contributed by atoms with E-state index in [0.717, 1.165) is 72.2 Å². The Morgan fingerprint density at radius 3 is 1.55 bits per heavy atom. The number of anilines is 6. The fourth-order valence-electron chi connectivity index (χ4n) is 7.98. The third-order valence-corrected chi connectivity index (χ3v) is 10.4. The first-order valence-corrected chi connectivity index (χ1v) is 18.4. The molecule has 10 aromatic rings. The summed E-state index contributed by atoms with van der Waals surface area (Å²) in [6.45, 7) is 0. The van der Waals surface area contributed by atoms with Crippen molar-refractivity contribution in [2.24, 2.45) is 0 Å². The summed E-state index contributed by atoms with van der Waals surface area (Å²) in [7, 11) is 0. The van der Waals surface area contributed by atoms with E-state index in [1.807, 2.05) is 132 Å². The number of para-hydroxylation sites is 5. The maximum atomic E-state index is 10.9. The van der Waals surface area contributed by atoms with Gasteiger partial charge in [0.1, 0.15) is 23.3 Å². The number of aromatic nitrogens is 1. The fourth-order valence-corrected chi connectivity index (χ4v) is 7.98. The van der Waals surface area contributed by atoms with E-state index < -0.39 is 0 Å². The van der Waals surface area contributed by atoms with Crippen molar-refractivity contribution < 1.29 is 4.42 Å². The minimum absolute atomic E-state index is 0.429. The Morgan fingerprint density at radius 1 is 0.429 bits per heavy atom. The molecule has 0 amide bonds. The maximum Gasteiger partial charge on any atom is 0.145 e. The Bertz CT molecular complexity index is 3080. The quantitative estimate of drug-likeness (QED) is 0.164. The molecule has 0 saturated heterocycles. The third-order valence-electron chi connectivity index (χ3n) is 10.4. The molecule has 0 aliphatic heterocycles. The van der Waals surface area contributed by atoms with Crippen LogP contribution in [-0.4, -0.2) is 4.57 Å². The zero-order valence-corrected chi connectivity index (χ0v) is 30.0. The van der Waals surface area contributed by atoms with Crippen molar-refractivity contribution in [2.45, 2.75) is 0 Å². The molecule has 2 heterocycles. The van der Waals surface area contributed by atoms with Crippen LogP contribution in [0.4, 0.5) is 34.1 Å². The first kappa shape index (κ1) is 32.6. The molecular weight excluding hydrogens is 687 g/mol. The van der Waals surface area contributed by atoms with Gasteiger partial charge in [0, 0.05) is 44.6 Å². The number of benzene rings is 8. The second kappa shape index (κ2) is 13.4. The van der Waals surface area contributed by atoms with Crippen molar-refractivity contribution in [3.8, 4) is 17.8 Å². The van der Waals surface area contributed by atoms with Crippen LogP contribution in [0.25, 0.3) is 49.4 Å². The van der Waals surface area contributed by atoms with Gasteiger partial charge in [-0.25, -0.2) is 0 Å². The van der Waals surface area contributed by atoms with Crippen LogP contribution in [0.2, 0.25) is 0 Å². The van der Waals surface area contributed by atoms with Crippen molar-refractivity contribution in [2.75, 3.05) is 9.80 Å². The number of nitrogens with zero attached hydrogens (tertiary/aromatic N) is 5. The third kappa shape index (κ3) is 5.25. The molecule has 0 bridgehead atoms. The molecule has 0 fully saturated rings. The molecule has 262 valence electrons. The fraction of sp³-hybridized carbons (Fsp3) is 0. The van der Waals surface area contributed by atoms with Gasteiger partial charge < -0.3 is 18.8 Å². The van der Waals surface area contributed by atoms with Crippen LogP contribution in [-0.2, 0) is 0 Å². The van der Waals surface area contributed by atoms with Gasteiger partial charge >= 0.3 is 0 Å². The Hall–Kier alpha value is -8.06. The minimum atomic E-state index is 0.429. The number of hydrogen-bond donors (Lipinski definition) is 0. The van der Waals surface area contributed by atoms with E-state index in [-0.39, 0.29) is 0 Å². The van der Waals surface area contributed by atoms with E-state index in [1.54, 1.807) is 0 Å². The number of nitriles is 2. The van der Waals surface area contributed by atoms with Crippen molar-refractivity contribution in [3.05, 3.63) is 199 Å². The number of rotatable bonds is 7. The Morgan fingerprint density at radius 2 is 0.964 bits per heavy atom. The molecular formula is C50H31N5O. The van der Waals surface area contributed by atoms with Gasteiger partial charge in [0.2, 0.25) is 0 Å². The van der Waals surface area contributed by atoms with Crippen LogP contribution in [0.3, 0.4) is 0 Å². The van der Waals surface area contributed by atoms with Gasteiger partial charge in [-0.15, -0.1) is 0 Å². The van der Waals surface area contributed by atoms with E-state index in [1.165, 1.54) is 0 Å². The SMILES string of the molecule is N#Cc1cc(-n2c3ccc(N(c4ccccc4)c4ccccc4)cc3c3c4oc5ccccc5c4ccc32)c(C#N)cc1N(c1ccccc1)c1ccccc1. The predicted molar refractivity (Wildman–Crippen MR) is 227 cm³/mol. The van der Waals surface area contributed by atoms with E-state index in [2.05, 4.69) is 82.3 Å². The first-order chi connectivity index (χ1) is 27.7. The summed E-state index contributed by atoms with van der Waals surface area (Å²) in [5.74, 6) is 0. The normalized spacial score (nSPS) is 11.2. The molecule has 0 atom stereocenters. The Balaban J connectivity index is 1.27. The molecule has 0 saturated carbocycles. The molecule has 0 aliphatic carbocycles. The molecule has 8 aromatic carbocycles. The largest absolute Gasteiger partial charge is 0.455 e. The average Bonchev–Trinajstić information content (AvgIpc) is 3.81. The lowest BCUT2D eigenvalue weighted by Gasteiger charge is -2.27. The summed E-state index contributed by atoms with van der Waals surface area (Å²) in [6.07, 6.45) is 0. The highest BCUT2D eigenvalue weighted by atomic mass is 16.3. The average molecular weight is 718 g/mol. The van der Waals surface area contributed by atoms with E-state index in [4.69, 9.17) is 4.42 Å². The van der Waals surface area contributed by atoms with Crippen molar-refractivity contribution in [1.29, 1.82) is 10.5 Å². The van der Waals surface area contributed by atoms with Crippen molar-refractivity contribution >= 4 is 77.9 Å². The van der Waals surface area contributed by atoms with Crippen LogP contribution in [0, 0.1) is 22.7 Å². The van der Waals surface area contributed by atoms with Gasteiger partial charge in [0.05, 0.1) is 38.9 Å². The van der Waals surface area contributed by atoms with Crippen LogP contribution in [0.15, 0.2) is 192 Å². The van der Waals surface area contributed by atoms with Gasteiger partial charge in [0.25, 0.3) is 0 Å². The van der Waals surface area contributed by atoms with E-state index in [0.29, 0.717) is 22.5 Å². The highest BCUT2D eigenvalue weighted by Crippen LogP contribution is 2.45. The molecule has 0 spiro atoms. The lowest BCUT2D eigenvalue weighted by molar-refractivity contribution is 0.673. The summed E-state index contributed by atoms with van der Waals surface area (Å²) < 4.78 is 8.80. The highest BCUT2D eigenvalue weighted by Gasteiger charge is 2.25. The second-order valence-corrected chi connectivity index (χ2v) is 13.6. The molecule has 6 heteroatoms. The van der Waals surface area contributed by atoms with Gasteiger partial charge in [-0.05, 0) is 97.1 Å². The lowest BCUT2D eigenvalue weighted by atomic mass is 10.0. The second-order valence-electron chi connectivity index (χ2n) is 13.6. The van der Waals surface area contributed by atoms with Crippen LogP contribution in [0.1, 0.15) is 11.1 Å². The first-order valence-electron chi connectivity index (χ1n) is 18.4. The minimum Gasteiger partial charge on any atom is -0.455 e. The molecule has 0 radical (unpaired) electrons. The van der Waals surface area contributed by atoms with E-state index >= 15 is 0 Å². The zero-order valence-electron chi connectivity index (χ0n) is 30.0. The molecule has 0 N–H and O–H groups in total. The summed E-state index contributed by atoms with van der Waals surface area (Å²) in [4.78, 5) is 4.27. The Labute approximate surface area is 323 Å². The predicted octanol–water partition coefficient (Wildman–Crippen LogP) is 13.4. The molecule has 2 aromatic heterocycles. The maximum absolute atomic E-state index is 10.9. The number of hydrogen-bond acceptors (Lipinski definition) is 5. The summed E-state index contributed by atoms with van der Waals surface area (Å²) in [6, 6.07) is 67.9. The van der Waals surface area contributed by atoms with Crippen LogP contribution in [0.5, 0.6) is 0 Å². The van der Waals surface area contributed by atoms with E-state index in [9.17, 15) is 10.5 Å². The summed E-state index contributed by atoms with van der Waals surface area (Å²) >= 11 is 0. The molecule has 0 unspecified atom stereocenters. The highest BCUT2D eigenvalue weighted by molar-refractivity contribution is 6.24. The van der Waals surface area contributed by atoms with Crippen molar-refractivity contribution in [1.82, 2.24) is 4.57 Å². The lowest BCUT2D eigenvalue weighted by Crippen LogP contribution is -2.12. The van der Waals surface area contributed by atoms with Crippen molar-refractivity contribution in [3.63, 3.8) is 0 Å². The summed E-state index contributed by atoms with van der Waals surface area (Å²) in [5.41, 5.74) is 10.2. The summed E-state index contributed by atoms with van der Waals surface area (Å²) in [5, 5.41) is 25.7. The Kier molecular flexibility index (Phi) is 7.80. The molecule has 0 aliphatic rings. The molecule has 6 nitrogen and oxygen atoms in total. The van der Waals surface area contributed by atoms with Gasteiger partial charge in [-0.3, -0.25) is 0 Å². The van der Waals surface area contributed by atoms with Gasteiger partial charge in [-0.2, -0.15) is 10.5 Å².